The number of aromatic nitrogens is 1. The number of hydrogen-bond donors (Lipinski definition) is 1. The maximum atomic E-state index is 10.4. The first-order chi connectivity index (χ1) is 5.20. The summed E-state index contributed by atoms with van der Waals surface area (Å²) in [5, 5.41) is 0. The number of amides is 2. The molecule has 2 N–H and O–H groups in total. The number of urea groups is 1. The number of carbonyl (C=O) groups excluding carboxylic acids is 1. The molecule has 0 aliphatic rings. The van der Waals surface area contributed by atoms with Gasteiger partial charge in [-0.05, 0) is 12.1 Å². The van der Waals surface area contributed by atoms with Gasteiger partial charge in [-0.3, -0.25) is 0 Å². The van der Waals surface area contributed by atoms with Crippen molar-refractivity contribution >= 4 is 6.03 Å². The normalized spacial score (nSPS) is 11.5. The van der Waals surface area contributed by atoms with Crippen LogP contribution in [0.5, 0.6) is 0 Å². The third-order valence-electron chi connectivity index (χ3n) is 1.25. The lowest BCUT2D eigenvalue weighted by Gasteiger charge is -1.95. The molecular formula is C7H9N3O. The molecule has 58 valence electrons. The largest absolute Gasteiger partial charge is 0.350 e. The minimum Gasteiger partial charge on any atom is -0.350 e. The highest BCUT2D eigenvalue weighted by Crippen LogP contribution is 1.76. The molecule has 0 fully saturated rings. The topological polar surface area (TPSA) is 60.4 Å². The summed E-state index contributed by atoms with van der Waals surface area (Å²) in [4.78, 5) is 13.9. The van der Waals surface area contributed by atoms with Gasteiger partial charge in [0, 0.05) is 13.2 Å². The van der Waals surface area contributed by atoms with Gasteiger partial charge >= 0.3 is 6.03 Å². The van der Waals surface area contributed by atoms with Crippen LogP contribution in [-0.4, -0.2) is 10.6 Å². The predicted octanol–water partition coefficient (Wildman–Crippen LogP) is 0.00450. The Morgan fingerprint density at radius 3 is 2.91 bits per heavy atom. The molecule has 0 aromatic carbocycles. The fraction of sp³-hybridized carbons (Fsp3) is 0.143. The van der Waals surface area contributed by atoms with E-state index in [1.165, 1.54) is 0 Å². The first kappa shape index (κ1) is 7.53. The van der Waals surface area contributed by atoms with Crippen molar-refractivity contribution in [2.45, 2.75) is 0 Å². The van der Waals surface area contributed by atoms with Crippen LogP contribution < -0.4 is 11.2 Å². The van der Waals surface area contributed by atoms with Crippen molar-refractivity contribution in [3.8, 4) is 0 Å². The zero-order chi connectivity index (χ0) is 8.27. The molecular weight excluding hydrogens is 142 g/mol. The number of rotatable bonds is 0. The Labute approximate surface area is 64.0 Å². The molecule has 0 saturated heterocycles. The van der Waals surface area contributed by atoms with Gasteiger partial charge in [-0.25, -0.2) is 4.79 Å². The molecule has 0 saturated carbocycles. The molecule has 4 heteroatoms. The van der Waals surface area contributed by atoms with Gasteiger partial charge in [0.05, 0.1) is 0 Å². The summed E-state index contributed by atoms with van der Waals surface area (Å²) in [6, 6.07) is 4.68. The lowest BCUT2D eigenvalue weighted by molar-refractivity contribution is 0.256. The van der Waals surface area contributed by atoms with Crippen LogP contribution in [-0.2, 0) is 7.05 Å². The predicted molar refractivity (Wildman–Crippen MR) is 40.6 cm³/mol. The van der Waals surface area contributed by atoms with Crippen LogP contribution in [0.25, 0.3) is 0 Å². The summed E-state index contributed by atoms with van der Waals surface area (Å²) in [5.41, 5.74) is 5.43. The molecule has 0 unspecified atom stereocenters. The van der Waals surface area contributed by atoms with Crippen molar-refractivity contribution in [3.63, 3.8) is 0 Å². The van der Waals surface area contributed by atoms with E-state index in [2.05, 4.69) is 4.99 Å². The first-order valence-electron chi connectivity index (χ1n) is 3.16. The molecule has 4 nitrogen and oxygen atoms in total. The molecule has 1 heterocycles. The van der Waals surface area contributed by atoms with Crippen LogP contribution in [0.3, 0.4) is 0 Å². The van der Waals surface area contributed by atoms with Gasteiger partial charge in [0.25, 0.3) is 0 Å². The lowest BCUT2D eigenvalue weighted by Crippen LogP contribution is -2.20. The average molecular weight is 151 g/mol. The van der Waals surface area contributed by atoms with E-state index in [-0.39, 0.29) is 0 Å². The Balaban J connectivity index is 3.23. The second kappa shape index (κ2) is 3.01. The zero-order valence-corrected chi connectivity index (χ0v) is 6.19. The SMILES string of the molecule is Cn1ccccc1=NC(N)=O. The minimum atomic E-state index is -0.674. The van der Waals surface area contributed by atoms with Crippen molar-refractivity contribution in [2.24, 2.45) is 17.8 Å². The fourth-order valence-electron chi connectivity index (χ4n) is 0.743. The quantitative estimate of drug-likeness (QED) is 0.557. The average Bonchev–Trinajstić information content (AvgIpc) is 1.93. The summed E-state index contributed by atoms with van der Waals surface area (Å²) in [5.74, 6) is 0. The Morgan fingerprint density at radius 1 is 1.64 bits per heavy atom. The number of aryl methyl sites for hydroxylation is 1. The number of primary amides is 1. The molecule has 1 rings (SSSR count). The summed E-state index contributed by atoms with van der Waals surface area (Å²) in [6.45, 7) is 0. The van der Waals surface area contributed by atoms with Crippen LogP contribution in [0.2, 0.25) is 0 Å². The number of nitrogens with zero attached hydrogens (tertiary/aromatic N) is 2. The Kier molecular flexibility index (Phi) is 2.06. The number of hydrogen-bond acceptors (Lipinski definition) is 1. The van der Waals surface area contributed by atoms with Gasteiger partial charge in [-0.15, -0.1) is 0 Å². The second-order valence-electron chi connectivity index (χ2n) is 2.12. The molecule has 0 aliphatic heterocycles. The van der Waals surface area contributed by atoms with Gasteiger partial charge in [-0.1, -0.05) is 6.07 Å². The van der Waals surface area contributed by atoms with Crippen LogP contribution in [0.1, 0.15) is 0 Å². The van der Waals surface area contributed by atoms with E-state index in [1.54, 1.807) is 29.9 Å². The third kappa shape index (κ3) is 1.93. The number of nitrogens with two attached hydrogens (primary N) is 1. The lowest BCUT2D eigenvalue weighted by atomic mass is 10.5. The second-order valence-corrected chi connectivity index (χ2v) is 2.12. The Bertz CT molecular complexity index is 326. The van der Waals surface area contributed by atoms with Crippen LogP contribution in [0, 0.1) is 0 Å². The highest BCUT2D eigenvalue weighted by Gasteiger charge is 1.87. The maximum absolute atomic E-state index is 10.4. The molecule has 0 atom stereocenters. The van der Waals surface area contributed by atoms with Gasteiger partial charge in [0.1, 0.15) is 5.49 Å². The molecule has 0 spiro atoms. The van der Waals surface area contributed by atoms with E-state index in [0.717, 1.165) is 0 Å². The van der Waals surface area contributed by atoms with Gasteiger partial charge in [0.2, 0.25) is 0 Å². The maximum Gasteiger partial charge on any atom is 0.340 e. The number of pyridine rings is 1. The first-order valence-corrected chi connectivity index (χ1v) is 3.16. The summed E-state index contributed by atoms with van der Waals surface area (Å²) < 4.78 is 1.71. The van der Waals surface area contributed by atoms with E-state index >= 15 is 0 Å². The summed E-state index contributed by atoms with van der Waals surface area (Å²) in [6.07, 6.45) is 1.79. The van der Waals surface area contributed by atoms with E-state index in [4.69, 9.17) is 5.73 Å². The van der Waals surface area contributed by atoms with E-state index in [0.29, 0.717) is 5.49 Å². The van der Waals surface area contributed by atoms with Crippen molar-refractivity contribution in [3.05, 3.63) is 29.9 Å². The fourth-order valence-corrected chi connectivity index (χ4v) is 0.743. The van der Waals surface area contributed by atoms with Crippen molar-refractivity contribution in [1.29, 1.82) is 0 Å². The smallest absolute Gasteiger partial charge is 0.340 e. The Morgan fingerprint density at radius 2 is 2.36 bits per heavy atom. The van der Waals surface area contributed by atoms with Crippen LogP contribution >= 0.6 is 0 Å². The van der Waals surface area contributed by atoms with E-state index in [9.17, 15) is 4.79 Å². The third-order valence-corrected chi connectivity index (χ3v) is 1.25. The van der Waals surface area contributed by atoms with Gasteiger partial charge in [0.15, 0.2) is 0 Å². The van der Waals surface area contributed by atoms with Crippen LogP contribution in [0.15, 0.2) is 29.4 Å². The van der Waals surface area contributed by atoms with Crippen molar-refractivity contribution < 1.29 is 4.79 Å². The monoisotopic (exact) mass is 151 g/mol. The molecule has 2 amide bonds. The summed E-state index contributed by atoms with van der Waals surface area (Å²) >= 11 is 0. The van der Waals surface area contributed by atoms with E-state index < -0.39 is 6.03 Å². The van der Waals surface area contributed by atoms with Crippen molar-refractivity contribution in [2.75, 3.05) is 0 Å². The van der Waals surface area contributed by atoms with Crippen molar-refractivity contribution in [1.82, 2.24) is 4.57 Å². The molecule has 1 aromatic heterocycles. The van der Waals surface area contributed by atoms with Gasteiger partial charge in [-0.2, -0.15) is 4.99 Å². The molecule has 0 bridgehead atoms. The highest BCUT2D eigenvalue weighted by atomic mass is 16.2. The number of carbonyl (C=O) groups is 1. The Hall–Kier alpha value is -1.58. The zero-order valence-electron chi connectivity index (χ0n) is 6.19. The standard InChI is InChI=1S/C7H9N3O/c1-10-5-3-2-4-6(10)9-7(8)11/h2-5H,1H3,(H2,8,11). The molecule has 11 heavy (non-hydrogen) atoms. The minimum absolute atomic E-state index is 0.556. The van der Waals surface area contributed by atoms with Gasteiger partial charge < -0.3 is 10.3 Å². The highest BCUT2D eigenvalue weighted by molar-refractivity contribution is 5.72. The molecule has 1 aromatic rings. The summed E-state index contributed by atoms with van der Waals surface area (Å²) in [7, 11) is 1.79. The molecule has 0 radical (unpaired) electrons. The van der Waals surface area contributed by atoms with Crippen LogP contribution in [0.4, 0.5) is 4.79 Å². The van der Waals surface area contributed by atoms with E-state index in [1.807, 2.05) is 6.07 Å². The molecule has 0 aliphatic carbocycles.